The highest BCUT2D eigenvalue weighted by Crippen LogP contribution is 2.10. The van der Waals surface area contributed by atoms with Gasteiger partial charge in [0.05, 0.1) is 4.90 Å². The number of hydrogen-bond acceptors (Lipinski definition) is 2. The van der Waals surface area contributed by atoms with Crippen molar-refractivity contribution >= 4 is 26.0 Å². The van der Waals surface area contributed by atoms with E-state index in [9.17, 15) is 8.42 Å². The van der Waals surface area contributed by atoms with E-state index >= 15 is 0 Å². The highest BCUT2D eigenvalue weighted by atomic mass is 79.9. The Labute approximate surface area is 120 Å². The molecule has 19 heavy (non-hydrogen) atoms. The average Bonchev–Trinajstić information content (AvgIpc) is 2.37. The number of hydrogen-bond donors (Lipinski definition) is 1. The molecule has 3 nitrogen and oxygen atoms in total. The number of nitrogens with two attached hydrogens (primary N) is 1. The summed E-state index contributed by atoms with van der Waals surface area (Å²) in [7, 11) is -3.64. The van der Waals surface area contributed by atoms with Gasteiger partial charge < -0.3 is 0 Å². The molecule has 0 aliphatic heterocycles. The van der Waals surface area contributed by atoms with Crippen molar-refractivity contribution in [1.29, 1.82) is 0 Å². The minimum absolute atomic E-state index is 0.0849. The molecule has 0 unspecified atom stereocenters. The van der Waals surface area contributed by atoms with Crippen molar-refractivity contribution in [2.75, 3.05) is 0 Å². The van der Waals surface area contributed by atoms with Crippen molar-refractivity contribution < 1.29 is 8.42 Å². The third-order valence-electron chi connectivity index (χ3n) is 2.38. The third kappa shape index (κ3) is 3.93. The minimum atomic E-state index is -3.64. The van der Waals surface area contributed by atoms with E-state index in [-0.39, 0.29) is 4.90 Å². The predicted octanol–water partition coefficient (Wildman–Crippen LogP) is 2.50. The molecule has 0 heterocycles. The predicted molar refractivity (Wildman–Crippen MR) is 77.9 cm³/mol. The zero-order chi connectivity index (χ0) is 13.9. The summed E-state index contributed by atoms with van der Waals surface area (Å²) in [6.07, 6.45) is 0. The lowest BCUT2D eigenvalue weighted by Crippen LogP contribution is -2.11. The molecule has 0 atom stereocenters. The number of sulfonamides is 1. The van der Waals surface area contributed by atoms with Crippen molar-refractivity contribution in [2.24, 2.45) is 5.14 Å². The maximum absolute atomic E-state index is 11.1. The molecule has 0 aliphatic carbocycles. The van der Waals surface area contributed by atoms with Gasteiger partial charge in [-0.15, -0.1) is 0 Å². The SMILES string of the molecule is NS(=O)(=O)c1ccc(C#Cc2ccc(Br)cc2)cc1. The molecule has 2 N–H and O–H groups in total. The highest BCUT2D eigenvalue weighted by molar-refractivity contribution is 9.10. The van der Waals surface area contributed by atoms with E-state index in [0.717, 1.165) is 15.6 Å². The smallest absolute Gasteiger partial charge is 0.225 e. The summed E-state index contributed by atoms with van der Waals surface area (Å²) in [5.41, 5.74) is 1.62. The molecule has 0 saturated carbocycles. The quantitative estimate of drug-likeness (QED) is 0.814. The molecule has 0 amide bonds. The van der Waals surface area contributed by atoms with Crippen LogP contribution in [0.2, 0.25) is 0 Å². The molecule has 2 rings (SSSR count). The lowest BCUT2D eigenvalue weighted by Gasteiger charge is -1.97. The molecular formula is C14H10BrNO2S. The standard InChI is InChI=1S/C14H10BrNO2S/c15-13-7-3-11(4-8-13)1-2-12-5-9-14(10-6-12)19(16,17)18/h3-10H,(H2,16,17,18). The Morgan fingerprint density at radius 1 is 0.842 bits per heavy atom. The second-order valence-electron chi connectivity index (χ2n) is 3.83. The molecular weight excluding hydrogens is 326 g/mol. The molecule has 0 radical (unpaired) electrons. The van der Waals surface area contributed by atoms with E-state index in [4.69, 9.17) is 5.14 Å². The normalized spacial score (nSPS) is 10.6. The van der Waals surface area contributed by atoms with E-state index in [1.54, 1.807) is 12.1 Å². The first-order chi connectivity index (χ1) is 8.95. The summed E-state index contributed by atoms with van der Waals surface area (Å²) in [5, 5.41) is 5.02. The van der Waals surface area contributed by atoms with Crippen LogP contribution in [0.25, 0.3) is 0 Å². The van der Waals surface area contributed by atoms with Crippen LogP contribution in [-0.2, 0) is 10.0 Å². The molecule has 0 spiro atoms. The lowest BCUT2D eigenvalue weighted by atomic mass is 10.2. The van der Waals surface area contributed by atoms with Crippen molar-refractivity contribution in [2.45, 2.75) is 4.90 Å². The van der Waals surface area contributed by atoms with Gasteiger partial charge in [0.2, 0.25) is 10.0 Å². The van der Waals surface area contributed by atoms with Crippen molar-refractivity contribution in [3.63, 3.8) is 0 Å². The van der Waals surface area contributed by atoms with E-state index in [0.29, 0.717) is 0 Å². The number of primary sulfonamides is 1. The number of rotatable bonds is 1. The lowest BCUT2D eigenvalue weighted by molar-refractivity contribution is 0.598. The van der Waals surface area contributed by atoms with E-state index in [2.05, 4.69) is 27.8 Å². The first-order valence-corrected chi connectivity index (χ1v) is 7.69. The largest absolute Gasteiger partial charge is 0.238 e. The summed E-state index contributed by atoms with van der Waals surface area (Å²) in [6, 6.07) is 13.8. The number of benzene rings is 2. The molecule has 2 aromatic carbocycles. The van der Waals surface area contributed by atoms with Crippen LogP contribution in [0, 0.1) is 11.8 Å². The van der Waals surface area contributed by atoms with E-state index < -0.39 is 10.0 Å². The zero-order valence-electron chi connectivity index (χ0n) is 9.80. The summed E-state index contributed by atoms with van der Waals surface area (Å²) in [4.78, 5) is 0.0849. The van der Waals surface area contributed by atoms with Crippen LogP contribution < -0.4 is 5.14 Å². The van der Waals surface area contributed by atoms with Gasteiger partial charge in [-0.3, -0.25) is 0 Å². The van der Waals surface area contributed by atoms with Crippen LogP contribution in [0.15, 0.2) is 57.9 Å². The third-order valence-corrected chi connectivity index (χ3v) is 3.84. The fraction of sp³-hybridized carbons (Fsp3) is 0. The van der Waals surface area contributed by atoms with Crippen molar-refractivity contribution in [3.05, 3.63) is 64.1 Å². The van der Waals surface area contributed by atoms with Crippen LogP contribution in [-0.4, -0.2) is 8.42 Å². The Balaban J connectivity index is 2.23. The molecule has 0 fully saturated rings. The first kappa shape index (κ1) is 13.8. The van der Waals surface area contributed by atoms with Crippen LogP contribution in [0.3, 0.4) is 0 Å². The topological polar surface area (TPSA) is 60.2 Å². The summed E-state index contributed by atoms with van der Waals surface area (Å²) in [5.74, 6) is 5.95. The molecule has 0 aromatic heterocycles. The molecule has 0 aliphatic rings. The second-order valence-corrected chi connectivity index (χ2v) is 6.30. The van der Waals surface area contributed by atoms with E-state index in [1.165, 1.54) is 12.1 Å². The van der Waals surface area contributed by atoms with Crippen LogP contribution in [0.4, 0.5) is 0 Å². The van der Waals surface area contributed by atoms with Gasteiger partial charge in [0.15, 0.2) is 0 Å². The molecule has 0 saturated heterocycles. The zero-order valence-corrected chi connectivity index (χ0v) is 12.2. The maximum atomic E-state index is 11.1. The van der Waals surface area contributed by atoms with Gasteiger partial charge in [0, 0.05) is 15.6 Å². The summed E-state index contributed by atoms with van der Waals surface area (Å²) < 4.78 is 23.2. The van der Waals surface area contributed by atoms with Gasteiger partial charge in [0.1, 0.15) is 0 Å². The van der Waals surface area contributed by atoms with Gasteiger partial charge in [-0.2, -0.15) is 0 Å². The van der Waals surface area contributed by atoms with Gasteiger partial charge in [-0.05, 0) is 48.5 Å². The molecule has 96 valence electrons. The molecule has 0 bridgehead atoms. The van der Waals surface area contributed by atoms with Crippen molar-refractivity contribution in [3.8, 4) is 11.8 Å². The van der Waals surface area contributed by atoms with E-state index in [1.807, 2.05) is 24.3 Å². The average molecular weight is 336 g/mol. The highest BCUT2D eigenvalue weighted by Gasteiger charge is 2.05. The van der Waals surface area contributed by atoms with Gasteiger partial charge in [0.25, 0.3) is 0 Å². The van der Waals surface area contributed by atoms with Crippen LogP contribution in [0.5, 0.6) is 0 Å². The monoisotopic (exact) mass is 335 g/mol. The Morgan fingerprint density at radius 3 is 1.68 bits per heavy atom. The Kier molecular flexibility index (Phi) is 4.05. The maximum Gasteiger partial charge on any atom is 0.238 e. The first-order valence-electron chi connectivity index (χ1n) is 5.35. The second kappa shape index (κ2) is 5.57. The Hall–Kier alpha value is -1.61. The van der Waals surface area contributed by atoms with Crippen LogP contribution in [0.1, 0.15) is 11.1 Å². The molecule has 2 aromatic rings. The van der Waals surface area contributed by atoms with Gasteiger partial charge in [-0.1, -0.05) is 27.8 Å². The Bertz CT molecular complexity index is 739. The summed E-state index contributed by atoms with van der Waals surface area (Å²) >= 11 is 3.35. The summed E-state index contributed by atoms with van der Waals surface area (Å²) in [6.45, 7) is 0. The number of halogens is 1. The van der Waals surface area contributed by atoms with Crippen molar-refractivity contribution in [1.82, 2.24) is 0 Å². The molecule has 5 heteroatoms. The van der Waals surface area contributed by atoms with Crippen LogP contribution >= 0.6 is 15.9 Å². The van der Waals surface area contributed by atoms with Gasteiger partial charge >= 0.3 is 0 Å². The Morgan fingerprint density at radius 2 is 1.26 bits per heavy atom. The minimum Gasteiger partial charge on any atom is -0.225 e. The fourth-order valence-corrected chi connectivity index (χ4v) is 2.19. The van der Waals surface area contributed by atoms with Gasteiger partial charge in [-0.25, -0.2) is 13.6 Å². The fourth-order valence-electron chi connectivity index (χ4n) is 1.41.